The summed E-state index contributed by atoms with van der Waals surface area (Å²) in [4.78, 5) is 0. The van der Waals surface area contributed by atoms with E-state index < -0.39 is 12.2 Å². The zero-order valence-corrected chi connectivity index (χ0v) is 4.32. The summed E-state index contributed by atoms with van der Waals surface area (Å²) in [6.07, 6.45) is 1.30. The summed E-state index contributed by atoms with van der Waals surface area (Å²) < 4.78 is 4.66. The third kappa shape index (κ3) is 0.993. The van der Waals surface area contributed by atoms with Crippen molar-refractivity contribution in [1.29, 1.82) is 0 Å². The predicted molar refractivity (Wildman–Crippen MR) is 27.1 cm³/mol. The van der Waals surface area contributed by atoms with E-state index in [4.69, 9.17) is 10.2 Å². The third-order valence-electron chi connectivity index (χ3n) is 1.03. The number of aliphatic hydroxyl groups is 2. The quantitative estimate of drug-likeness (QED) is 0.438. The highest BCUT2D eigenvalue weighted by Crippen LogP contribution is 2.02. The molecule has 0 spiro atoms. The lowest BCUT2D eigenvalue weighted by Crippen LogP contribution is -2.30. The molecule has 0 aromatic carbocycles. The Balaban J connectivity index is 2.47. The van der Waals surface area contributed by atoms with Crippen molar-refractivity contribution in [2.24, 2.45) is 0 Å². The van der Waals surface area contributed by atoms with Crippen LogP contribution in [-0.2, 0) is 4.74 Å². The van der Waals surface area contributed by atoms with Gasteiger partial charge >= 0.3 is 0 Å². The van der Waals surface area contributed by atoms with Crippen molar-refractivity contribution in [2.75, 3.05) is 6.61 Å². The van der Waals surface area contributed by atoms with Crippen LogP contribution in [0.3, 0.4) is 0 Å². The lowest BCUT2D eigenvalue weighted by atomic mass is 10.2. The summed E-state index contributed by atoms with van der Waals surface area (Å²) in [6.45, 7) is 0.192. The fourth-order valence-electron chi connectivity index (χ4n) is 0.517. The van der Waals surface area contributed by atoms with Crippen LogP contribution in [0.1, 0.15) is 0 Å². The first kappa shape index (κ1) is 5.59. The van der Waals surface area contributed by atoms with E-state index in [-0.39, 0.29) is 6.61 Å². The van der Waals surface area contributed by atoms with E-state index >= 15 is 0 Å². The van der Waals surface area contributed by atoms with Crippen molar-refractivity contribution in [2.45, 2.75) is 12.2 Å². The Hall–Kier alpha value is -0.540. The Bertz CT molecular complexity index is 99.8. The van der Waals surface area contributed by atoms with E-state index in [0.717, 1.165) is 0 Å². The molecule has 2 atom stereocenters. The second kappa shape index (κ2) is 2.15. The highest BCUT2D eigenvalue weighted by Gasteiger charge is 2.15. The van der Waals surface area contributed by atoms with Gasteiger partial charge in [-0.1, -0.05) is 0 Å². The maximum atomic E-state index is 8.76. The predicted octanol–water partition coefficient (Wildman–Crippen LogP) is -0.748. The fraction of sp³-hybridized carbons (Fsp3) is 0.600. The molecule has 0 fully saturated rings. The molecule has 1 rings (SSSR count). The maximum absolute atomic E-state index is 8.76. The van der Waals surface area contributed by atoms with Gasteiger partial charge in [-0.3, -0.25) is 0 Å². The van der Waals surface area contributed by atoms with Crippen molar-refractivity contribution in [3.8, 4) is 0 Å². The average molecular weight is 116 g/mol. The first-order valence-electron chi connectivity index (χ1n) is 2.45. The maximum Gasteiger partial charge on any atom is 0.117 e. The largest absolute Gasteiger partial charge is 0.499 e. The summed E-state index contributed by atoms with van der Waals surface area (Å²) in [6, 6.07) is 0. The van der Waals surface area contributed by atoms with E-state index in [2.05, 4.69) is 4.74 Å². The van der Waals surface area contributed by atoms with E-state index in [0.29, 0.717) is 0 Å². The van der Waals surface area contributed by atoms with Crippen LogP contribution >= 0.6 is 0 Å². The Kier molecular flexibility index (Phi) is 1.50. The van der Waals surface area contributed by atoms with E-state index in [1.807, 2.05) is 0 Å². The van der Waals surface area contributed by atoms with Crippen molar-refractivity contribution < 1.29 is 14.9 Å². The Morgan fingerprint density at radius 2 is 2.25 bits per heavy atom. The molecule has 0 bridgehead atoms. The van der Waals surface area contributed by atoms with Crippen LogP contribution in [0.15, 0.2) is 12.3 Å². The van der Waals surface area contributed by atoms with Gasteiger partial charge in [0, 0.05) is 0 Å². The van der Waals surface area contributed by atoms with E-state index in [9.17, 15) is 0 Å². The van der Waals surface area contributed by atoms with Crippen molar-refractivity contribution in [3.63, 3.8) is 0 Å². The van der Waals surface area contributed by atoms with Crippen LogP contribution in [0, 0.1) is 0 Å². The molecule has 0 aromatic rings. The molecule has 0 amide bonds. The Morgan fingerprint density at radius 3 is 2.62 bits per heavy atom. The molecule has 2 N–H and O–H groups in total. The molecule has 0 aromatic heterocycles. The second-order valence-corrected chi connectivity index (χ2v) is 1.72. The van der Waals surface area contributed by atoms with Gasteiger partial charge < -0.3 is 14.9 Å². The average Bonchev–Trinajstić information content (AvgIpc) is 1.77. The molecule has 1 aliphatic heterocycles. The molecule has 8 heavy (non-hydrogen) atoms. The van der Waals surface area contributed by atoms with Crippen LogP contribution in [0.2, 0.25) is 0 Å². The topological polar surface area (TPSA) is 49.7 Å². The van der Waals surface area contributed by atoms with E-state index in [1.165, 1.54) is 12.3 Å². The monoisotopic (exact) mass is 116 g/mol. The van der Waals surface area contributed by atoms with Gasteiger partial charge in [0.2, 0.25) is 0 Å². The number of hydrogen-bond donors (Lipinski definition) is 2. The highest BCUT2D eigenvalue weighted by atomic mass is 16.5. The molecule has 0 saturated heterocycles. The van der Waals surface area contributed by atoms with Crippen LogP contribution in [0.5, 0.6) is 0 Å². The minimum absolute atomic E-state index is 0.192. The first-order chi connectivity index (χ1) is 3.80. The van der Waals surface area contributed by atoms with Crippen molar-refractivity contribution >= 4 is 0 Å². The van der Waals surface area contributed by atoms with Gasteiger partial charge in [-0.15, -0.1) is 0 Å². The lowest BCUT2D eigenvalue weighted by Gasteiger charge is -2.17. The fourth-order valence-corrected chi connectivity index (χ4v) is 0.517. The van der Waals surface area contributed by atoms with E-state index in [1.54, 1.807) is 0 Å². The minimum Gasteiger partial charge on any atom is -0.499 e. The second-order valence-electron chi connectivity index (χ2n) is 1.72. The van der Waals surface area contributed by atoms with Gasteiger partial charge in [0.25, 0.3) is 0 Å². The molecule has 0 unspecified atom stereocenters. The van der Waals surface area contributed by atoms with Gasteiger partial charge in [-0.25, -0.2) is 0 Å². The molecule has 0 saturated carbocycles. The normalized spacial score (nSPS) is 36.8. The van der Waals surface area contributed by atoms with Gasteiger partial charge in [0.05, 0.1) is 6.26 Å². The van der Waals surface area contributed by atoms with Crippen LogP contribution < -0.4 is 0 Å². The van der Waals surface area contributed by atoms with Gasteiger partial charge in [-0.05, 0) is 6.08 Å². The van der Waals surface area contributed by atoms with Gasteiger partial charge in [-0.2, -0.15) is 0 Å². The van der Waals surface area contributed by atoms with Crippen LogP contribution in [0.25, 0.3) is 0 Å². The molecule has 46 valence electrons. The zero-order valence-electron chi connectivity index (χ0n) is 4.32. The summed E-state index contributed by atoms with van der Waals surface area (Å²) in [7, 11) is 0. The van der Waals surface area contributed by atoms with Crippen LogP contribution in [-0.4, -0.2) is 29.0 Å². The Labute approximate surface area is 47.2 Å². The molecule has 0 aliphatic carbocycles. The Morgan fingerprint density at radius 1 is 1.50 bits per heavy atom. The number of aliphatic hydroxyl groups excluding tert-OH is 2. The molecular formula is C5H8O3. The molecule has 1 aliphatic rings. The standard InChI is InChI=1S/C5H8O3/c6-4-1-2-8-3-5(4)7/h1-2,4-7H,3H2/t4-,5-/m0/s1. The molecular weight excluding hydrogens is 108 g/mol. The molecule has 3 heteroatoms. The summed E-state index contributed by atoms with van der Waals surface area (Å²) in [5.74, 6) is 0. The van der Waals surface area contributed by atoms with Crippen molar-refractivity contribution in [1.82, 2.24) is 0 Å². The summed E-state index contributed by atoms with van der Waals surface area (Å²) in [5, 5.41) is 17.5. The smallest absolute Gasteiger partial charge is 0.117 e. The minimum atomic E-state index is -0.750. The highest BCUT2D eigenvalue weighted by molar-refractivity contribution is 4.91. The van der Waals surface area contributed by atoms with Crippen molar-refractivity contribution in [3.05, 3.63) is 12.3 Å². The number of hydrogen-bond acceptors (Lipinski definition) is 3. The number of rotatable bonds is 0. The van der Waals surface area contributed by atoms with Crippen LogP contribution in [0.4, 0.5) is 0 Å². The SMILES string of the molecule is O[C@H]1C=COC[C@@H]1O. The van der Waals surface area contributed by atoms with Gasteiger partial charge in [0.15, 0.2) is 0 Å². The molecule has 3 nitrogen and oxygen atoms in total. The molecule has 1 heterocycles. The number of ether oxygens (including phenoxy) is 1. The summed E-state index contributed by atoms with van der Waals surface area (Å²) in [5.41, 5.74) is 0. The molecule has 0 radical (unpaired) electrons. The summed E-state index contributed by atoms with van der Waals surface area (Å²) >= 11 is 0. The lowest BCUT2D eigenvalue weighted by molar-refractivity contribution is -0.0108. The third-order valence-corrected chi connectivity index (χ3v) is 1.03. The first-order valence-corrected chi connectivity index (χ1v) is 2.45. The van der Waals surface area contributed by atoms with Gasteiger partial charge in [0.1, 0.15) is 18.8 Å². The zero-order chi connectivity index (χ0) is 5.98.